The van der Waals surface area contributed by atoms with E-state index >= 15 is 0 Å². The number of halogens is 2. The molecule has 6 rings (SSSR count). The van der Waals surface area contributed by atoms with Gasteiger partial charge in [0.25, 0.3) is 0 Å². The van der Waals surface area contributed by atoms with E-state index in [4.69, 9.17) is 0 Å². The van der Waals surface area contributed by atoms with E-state index in [-0.39, 0.29) is 23.9 Å². The second-order valence-corrected chi connectivity index (χ2v) is 8.24. The zero-order valence-corrected chi connectivity index (χ0v) is 15.6. The minimum absolute atomic E-state index is 0.0558. The lowest BCUT2D eigenvalue weighted by molar-refractivity contribution is -0.135. The Balaban J connectivity index is 1.47. The zero-order chi connectivity index (χ0) is 19.3. The van der Waals surface area contributed by atoms with Gasteiger partial charge in [0.15, 0.2) is 0 Å². The second kappa shape index (κ2) is 6.92. The minimum Gasteiger partial charge on any atom is -0.337 e. The molecule has 4 aliphatic heterocycles. The van der Waals surface area contributed by atoms with Gasteiger partial charge in [0.2, 0.25) is 5.91 Å². The van der Waals surface area contributed by atoms with Gasteiger partial charge in [0, 0.05) is 37.0 Å². The molecule has 0 unspecified atom stereocenters. The van der Waals surface area contributed by atoms with Gasteiger partial charge < -0.3 is 4.90 Å². The lowest BCUT2D eigenvalue weighted by atomic mass is 9.75. The normalized spacial score (nSPS) is 31.1. The van der Waals surface area contributed by atoms with Crippen molar-refractivity contribution in [3.05, 3.63) is 65.5 Å². The predicted octanol–water partition coefficient (Wildman–Crippen LogP) is 2.99. The molecule has 1 aromatic carbocycles. The Morgan fingerprint density at radius 2 is 1.71 bits per heavy atom. The average molecular weight is 383 g/mol. The number of fused-ring (bicyclic) bond motifs is 2. The Hall–Kier alpha value is -2.34. The molecule has 5 heterocycles. The number of rotatable bonds is 3. The molecule has 2 bridgehead atoms. The molecule has 0 radical (unpaired) electrons. The molecule has 6 heteroatoms. The number of benzene rings is 1. The summed E-state index contributed by atoms with van der Waals surface area (Å²) < 4.78 is 27.8. The number of carbonyl (C=O) groups is 1. The molecule has 0 N–H and O–H groups in total. The number of hydrogen-bond acceptors (Lipinski definition) is 3. The van der Waals surface area contributed by atoms with Gasteiger partial charge in [-0.25, -0.2) is 8.78 Å². The fourth-order valence-electron chi connectivity index (χ4n) is 5.56. The molecule has 0 aliphatic carbocycles. The summed E-state index contributed by atoms with van der Waals surface area (Å²) in [7, 11) is 0. The van der Waals surface area contributed by atoms with Crippen molar-refractivity contribution in [3.63, 3.8) is 0 Å². The monoisotopic (exact) mass is 383 g/mol. The summed E-state index contributed by atoms with van der Waals surface area (Å²) in [6.07, 6.45) is 5.90. The van der Waals surface area contributed by atoms with Gasteiger partial charge in [0.1, 0.15) is 11.6 Å². The van der Waals surface area contributed by atoms with Crippen molar-refractivity contribution >= 4 is 5.91 Å². The first kappa shape index (κ1) is 17.7. The van der Waals surface area contributed by atoms with E-state index in [1.807, 2.05) is 17.0 Å². The van der Waals surface area contributed by atoms with Crippen molar-refractivity contribution in [3.8, 4) is 0 Å². The van der Waals surface area contributed by atoms with E-state index in [9.17, 15) is 13.6 Å². The number of pyridine rings is 1. The maximum absolute atomic E-state index is 13.9. The van der Waals surface area contributed by atoms with Crippen LogP contribution < -0.4 is 0 Å². The number of amides is 1. The molecule has 4 nitrogen and oxygen atoms in total. The van der Waals surface area contributed by atoms with Crippen molar-refractivity contribution in [2.75, 3.05) is 19.6 Å². The van der Waals surface area contributed by atoms with Gasteiger partial charge in [-0.3, -0.25) is 14.7 Å². The number of carbonyl (C=O) groups excluding carboxylic acids is 1. The predicted molar refractivity (Wildman–Crippen MR) is 101 cm³/mol. The van der Waals surface area contributed by atoms with Gasteiger partial charge in [-0.15, -0.1) is 0 Å². The molecule has 4 fully saturated rings. The maximum Gasteiger partial charge on any atom is 0.227 e. The van der Waals surface area contributed by atoms with Gasteiger partial charge >= 0.3 is 0 Å². The van der Waals surface area contributed by atoms with Crippen LogP contribution in [0.3, 0.4) is 0 Å². The lowest BCUT2D eigenvalue weighted by Crippen LogP contribution is -2.60. The summed E-state index contributed by atoms with van der Waals surface area (Å²) in [5, 5.41) is 0. The van der Waals surface area contributed by atoms with Gasteiger partial charge in [-0.1, -0.05) is 0 Å². The highest BCUT2D eigenvalue weighted by molar-refractivity contribution is 5.80. The number of likely N-dealkylation sites (tertiary alicyclic amines) is 1. The first-order valence-electron chi connectivity index (χ1n) is 9.98. The van der Waals surface area contributed by atoms with Crippen LogP contribution in [-0.2, 0) is 11.2 Å². The van der Waals surface area contributed by atoms with Crippen LogP contribution in [0.5, 0.6) is 0 Å². The lowest BCUT2D eigenvalue weighted by Gasteiger charge is -2.51. The van der Waals surface area contributed by atoms with Gasteiger partial charge in [0.05, 0.1) is 12.5 Å². The Morgan fingerprint density at radius 3 is 2.39 bits per heavy atom. The Bertz CT molecular complexity index is 862. The molecular weight excluding hydrogens is 360 g/mol. The van der Waals surface area contributed by atoms with Crippen LogP contribution in [0.4, 0.5) is 8.78 Å². The van der Waals surface area contributed by atoms with Crippen molar-refractivity contribution in [2.24, 2.45) is 5.92 Å². The van der Waals surface area contributed by atoms with Crippen LogP contribution in [0, 0.1) is 17.6 Å². The smallest absolute Gasteiger partial charge is 0.227 e. The molecule has 0 saturated carbocycles. The average Bonchev–Trinajstić information content (AvgIpc) is 3.12. The summed E-state index contributed by atoms with van der Waals surface area (Å²) in [5.41, 5.74) is 1.61. The summed E-state index contributed by atoms with van der Waals surface area (Å²) in [6, 6.07) is 7.79. The fraction of sp³-hybridized carbons (Fsp3) is 0.455. The highest BCUT2D eigenvalue weighted by Crippen LogP contribution is 2.46. The van der Waals surface area contributed by atoms with Crippen molar-refractivity contribution in [2.45, 2.75) is 37.3 Å². The number of aromatic nitrogens is 1. The number of piperidine rings is 3. The maximum atomic E-state index is 13.9. The fourth-order valence-corrected chi connectivity index (χ4v) is 5.56. The molecule has 28 heavy (non-hydrogen) atoms. The molecule has 1 aromatic heterocycles. The molecular formula is C22H23F2N3O. The Kier molecular flexibility index (Phi) is 4.38. The first-order chi connectivity index (χ1) is 13.6. The SMILES string of the molecule is O=C(Cc1ccncc1)N1C[C@H](c2cc(F)cc(F)c2)[C@@H]2[C@H]1C1CCN2CC1. The summed E-state index contributed by atoms with van der Waals surface area (Å²) in [6.45, 7) is 2.54. The van der Waals surface area contributed by atoms with E-state index in [0.717, 1.165) is 37.6 Å². The Labute approximate surface area is 163 Å². The van der Waals surface area contributed by atoms with E-state index in [0.29, 0.717) is 24.4 Å². The standard InChI is InChI=1S/C22H23F2N3O/c23-17-10-16(11-18(24)12-17)19-13-27(20(28)9-14-1-5-25-6-2-14)21-15-3-7-26(8-4-15)22(19)21/h1-2,5-6,10-12,15,19,21-22H,3-4,7-9,13H2/t19-,21-,22-/m1/s1. The van der Waals surface area contributed by atoms with Crippen LogP contribution in [-0.4, -0.2) is 52.4 Å². The third-order valence-corrected chi connectivity index (χ3v) is 6.73. The van der Waals surface area contributed by atoms with Crippen LogP contribution in [0.15, 0.2) is 42.7 Å². The van der Waals surface area contributed by atoms with Crippen LogP contribution in [0.1, 0.15) is 29.9 Å². The Morgan fingerprint density at radius 1 is 1.04 bits per heavy atom. The second-order valence-electron chi connectivity index (χ2n) is 8.24. The van der Waals surface area contributed by atoms with E-state index in [2.05, 4.69) is 9.88 Å². The van der Waals surface area contributed by atoms with Crippen molar-refractivity contribution in [1.82, 2.24) is 14.8 Å². The van der Waals surface area contributed by atoms with Crippen LogP contribution >= 0.6 is 0 Å². The van der Waals surface area contributed by atoms with E-state index < -0.39 is 11.6 Å². The summed E-state index contributed by atoms with van der Waals surface area (Å²) in [4.78, 5) is 21.6. The molecule has 2 aromatic rings. The van der Waals surface area contributed by atoms with Gasteiger partial charge in [-0.2, -0.15) is 0 Å². The molecule has 146 valence electrons. The number of nitrogens with zero attached hydrogens (tertiary/aromatic N) is 3. The van der Waals surface area contributed by atoms with Crippen molar-refractivity contribution in [1.29, 1.82) is 0 Å². The molecule has 3 atom stereocenters. The van der Waals surface area contributed by atoms with E-state index in [1.54, 1.807) is 12.4 Å². The highest BCUT2D eigenvalue weighted by atomic mass is 19.1. The van der Waals surface area contributed by atoms with Crippen LogP contribution in [0.2, 0.25) is 0 Å². The quantitative estimate of drug-likeness (QED) is 0.818. The topological polar surface area (TPSA) is 36.4 Å². The summed E-state index contributed by atoms with van der Waals surface area (Å²) >= 11 is 0. The van der Waals surface area contributed by atoms with Crippen molar-refractivity contribution < 1.29 is 13.6 Å². The molecule has 0 spiro atoms. The third kappa shape index (κ3) is 3.00. The van der Waals surface area contributed by atoms with E-state index in [1.165, 1.54) is 12.1 Å². The van der Waals surface area contributed by atoms with Gasteiger partial charge in [-0.05, 0) is 67.2 Å². The third-order valence-electron chi connectivity index (χ3n) is 6.73. The number of hydrogen-bond donors (Lipinski definition) is 0. The zero-order valence-electron chi connectivity index (χ0n) is 15.6. The van der Waals surface area contributed by atoms with Crippen LogP contribution in [0.25, 0.3) is 0 Å². The molecule has 4 saturated heterocycles. The first-order valence-corrected chi connectivity index (χ1v) is 9.98. The largest absolute Gasteiger partial charge is 0.337 e. The molecule has 4 aliphatic rings. The minimum atomic E-state index is -0.552. The highest BCUT2D eigenvalue weighted by Gasteiger charge is 2.54. The summed E-state index contributed by atoms with van der Waals surface area (Å²) in [5.74, 6) is -0.595. The molecule has 1 amide bonds.